The summed E-state index contributed by atoms with van der Waals surface area (Å²) in [6.45, 7) is 4.61. The molecule has 2 aromatic carbocycles. The molecule has 0 unspecified atom stereocenters. The van der Waals surface area contributed by atoms with Gasteiger partial charge >= 0.3 is 5.69 Å². The Morgan fingerprint density at radius 3 is 2.71 bits per heavy atom. The molecule has 1 aliphatic rings. The summed E-state index contributed by atoms with van der Waals surface area (Å²) in [6.07, 6.45) is 0.928. The summed E-state index contributed by atoms with van der Waals surface area (Å²) in [5, 5.41) is 20.7. The normalized spacial score (nSPS) is 15.4. The maximum Gasteiger partial charge on any atom is 0.312 e. The van der Waals surface area contributed by atoms with E-state index in [0.29, 0.717) is 17.9 Å². The Kier molecular flexibility index (Phi) is 5.49. The number of fused-ring (bicyclic) bond motifs is 3. The van der Waals surface area contributed by atoms with Crippen molar-refractivity contribution in [3.63, 3.8) is 0 Å². The van der Waals surface area contributed by atoms with E-state index in [0.717, 1.165) is 46.8 Å². The first-order valence-corrected chi connectivity index (χ1v) is 11.2. The van der Waals surface area contributed by atoms with Crippen LogP contribution in [0, 0.1) is 24.0 Å². The van der Waals surface area contributed by atoms with E-state index in [4.69, 9.17) is 9.47 Å². The first-order valence-electron chi connectivity index (χ1n) is 11.2. The summed E-state index contributed by atoms with van der Waals surface area (Å²) >= 11 is 0. The fourth-order valence-corrected chi connectivity index (χ4v) is 4.99. The average molecular weight is 462 g/mol. The number of hydrogen-bond acceptors (Lipinski definition) is 6. The molecule has 0 spiro atoms. The van der Waals surface area contributed by atoms with Crippen LogP contribution in [-0.2, 0) is 13.0 Å². The average Bonchev–Trinajstić information content (AvgIpc) is 3.34. The van der Waals surface area contributed by atoms with Gasteiger partial charge in [0.25, 0.3) is 0 Å². The van der Waals surface area contributed by atoms with E-state index in [1.54, 1.807) is 32.7 Å². The topological polar surface area (TPSA) is 107 Å². The molecule has 5 rings (SSSR count). The van der Waals surface area contributed by atoms with Crippen LogP contribution in [0.4, 0.5) is 5.69 Å². The predicted octanol–water partition coefficient (Wildman–Crippen LogP) is 4.19. The zero-order valence-corrected chi connectivity index (χ0v) is 19.6. The van der Waals surface area contributed by atoms with Crippen LogP contribution in [0.1, 0.15) is 39.8 Å². The van der Waals surface area contributed by atoms with Gasteiger partial charge in [0, 0.05) is 28.7 Å². The fourth-order valence-electron chi connectivity index (χ4n) is 4.99. The van der Waals surface area contributed by atoms with Crippen molar-refractivity contribution < 1.29 is 14.4 Å². The second kappa shape index (κ2) is 8.49. The second-order valence-corrected chi connectivity index (χ2v) is 8.57. The summed E-state index contributed by atoms with van der Waals surface area (Å²) in [7, 11) is 3.31. The number of methoxy groups -OCH3 is 2. The molecule has 4 aromatic rings. The maximum absolute atomic E-state index is 11.4. The third kappa shape index (κ3) is 3.58. The molecule has 0 bridgehead atoms. The summed E-state index contributed by atoms with van der Waals surface area (Å²) in [5.41, 5.74) is 6.52. The lowest BCUT2D eigenvalue weighted by Crippen LogP contribution is -2.30. The molecule has 2 N–H and O–H groups in total. The molecule has 1 atom stereocenters. The van der Waals surface area contributed by atoms with E-state index in [-0.39, 0.29) is 16.7 Å². The van der Waals surface area contributed by atoms with Gasteiger partial charge < -0.3 is 19.8 Å². The Balaban J connectivity index is 1.55. The van der Waals surface area contributed by atoms with Crippen LogP contribution in [0.15, 0.2) is 36.4 Å². The minimum absolute atomic E-state index is 0.0124. The van der Waals surface area contributed by atoms with Gasteiger partial charge in [0.15, 0.2) is 0 Å². The molecule has 9 heteroatoms. The number of aromatic nitrogens is 3. The van der Waals surface area contributed by atoms with Gasteiger partial charge in [-0.25, -0.2) is 0 Å². The van der Waals surface area contributed by atoms with Gasteiger partial charge in [-0.15, -0.1) is 0 Å². The van der Waals surface area contributed by atoms with Crippen molar-refractivity contribution in [2.24, 2.45) is 0 Å². The molecule has 0 radical (unpaired) electrons. The third-order valence-corrected chi connectivity index (χ3v) is 6.64. The van der Waals surface area contributed by atoms with Gasteiger partial charge in [-0.2, -0.15) is 5.10 Å². The molecule has 0 aliphatic carbocycles. The van der Waals surface area contributed by atoms with Crippen LogP contribution in [0.25, 0.3) is 10.9 Å². The number of H-pyrrole nitrogens is 1. The van der Waals surface area contributed by atoms with Crippen molar-refractivity contribution in [1.29, 1.82) is 0 Å². The molecule has 34 heavy (non-hydrogen) atoms. The highest BCUT2D eigenvalue weighted by Gasteiger charge is 2.27. The van der Waals surface area contributed by atoms with Crippen molar-refractivity contribution in [2.45, 2.75) is 32.9 Å². The minimum atomic E-state index is -0.375. The van der Waals surface area contributed by atoms with Gasteiger partial charge in [0.05, 0.1) is 31.7 Å². The molecule has 0 amide bonds. The van der Waals surface area contributed by atoms with Crippen molar-refractivity contribution >= 4 is 16.6 Å². The van der Waals surface area contributed by atoms with E-state index in [1.165, 1.54) is 10.9 Å². The van der Waals surface area contributed by atoms with Crippen LogP contribution in [-0.4, -0.2) is 40.5 Å². The van der Waals surface area contributed by atoms with Crippen molar-refractivity contribution in [2.75, 3.05) is 20.8 Å². The van der Waals surface area contributed by atoms with Crippen molar-refractivity contribution in [3.8, 4) is 11.5 Å². The molecule has 0 saturated carbocycles. The van der Waals surface area contributed by atoms with Crippen LogP contribution < -0.4 is 14.8 Å². The molecular formula is C25H27N5O4. The highest BCUT2D eigenvalue weighted by Crippen LogP contribution is 2.36. The predicted molar refractivity (Wildman–Crippen MR) is 129 cm³/mol. The summed E-state index contributed by atoms with van der Waals surface area (Å²) in [6, 6.07) is 12.2. The second-order valence-electron chi connectivity index (χ2n) is 8.57. The number of hydrogen-bond donors (Lipinski definition) is 2. The number of aryl methyl sites for hydroxylation is 1. The van der Waals surface area contributed by atoms with Gasteiger partial charge in [-0.05, 0) is 61.7 Å². The quantitative estimate of drug-likeness (QED) is 0.329. The number of ether oxygens (including phenoxy) is 2. The van der Waals surface area contributed by atoms with E-state index in [2.05, 4.69) is 39.7 Å². The van der Waals surface area contributed by atoms with Gasteiger partial charge in [0.2, 0.25) is 0 Å². The highest BCUT2D eigenvalue weighted by atomic mass is 16.6. The summed E-state index contributed by atoms with van der Waals surface area (Å²) in [5.74, 6) is 1.56. The third-order valence-electron chi connectivity index (χ3n) is 6.64. The van der Waals surface area contributed by atoms with Gasteiger partial charge in [0.1, 0.15) is 22.9 Å². The van der Waals surface area contributed by atoms with E-state index in [9.17, 15) is 10.1 Å². The molecule has 176 valence electrons. The molecule has 0 saturated heterocycles. The van der Waals surface area contributed by atoms with Gasteiger partial charge in [-0.3, -0.25) is 14.8 Å². The number of nitrogens with one attached hydrogen (secondary N) is 2. The van der Waals surface area contributed by atoms with Crippen LogP contribution >= 0.6 is 0 Å². The summed E-state index contributed by atoms with van der Waals surface area (Å²) in [4.78, 5) is 14.7. The van der Waals surface area contributed by atoms with E-state index < -0.39 is 0 Å². The monoisotopic (exact) mass is 461 g/mol. The Bertz CT molecular complexity index is 1400. The fraction of sp³-hybridized carbons (Fsp3) is 0.320. The molecule has 3 heterocycles. The Hall–Kier alpha value is -3.85. The minimum Gasteiger partial charge on any atom is -0.497 e. The number of rotatable bonds is 6. The Morgan fingerprint density at radius 1 is 1.18 bits per heavy atom. The number of benzene rings is 2. The number of aromatic amines is 1. The van der Waals surface area contributed by atoms with Gasteiger partial charge in [-0.1, -0.05) is 6.07 Å². The zero-order valence-electron chi connectivity index (χ0n) is 19.6. The Morgan fingerprint density at radius 2 is 2.00 bits per heavy atom. The maximum atomic E-state index is 11.4. The SMILES string of the molecule is COc1ccc2[nH]c3c(c2c1)CCN[C@H]3c1ccc(OC)c(Cn2nc(C)c([N+](=O)[O-])c2C)c1. The largest absolute Gasteiger partial charge is 0.497 e. The van der Waals surface area contributed by atoms with Crippen LogP contribution in [0.2, 0.25) is 0 Å². The molecule has 2 aromatic heterocycles. The molecule has 1 aliphatic heterocycles. The summed E-state index contributed by atoms with van der Waals surface area (Å²) < 4.78 is 12.7. The zero-order chi connectivity index (χ0) is 24.0. The van der Waals surface area contributed by atoms with Crippen LogP contribution in [0.5, 0.6) is 11.5 Å². The number of nitrogens with zero attached hydrogens (tertiary/aromatic N) is 3. The Labute approximate surface area is 196 Å². The van der Waals surface area contributed by atoms with Crippen molar-refractivity contribution in [1.82, 2.24) is 20.1 Å². The first-order chi connectivity index (χ1) is 16.4. The van der Waals surface area contributed by atoms with E-state index >= 15 is 0 Å². The van der Waals surface area contributed by atoms with Crippen molar-refractivity contribution in [3.05, 3.63) is 80.3 Å². The molecular weight excluding hydrogens is 434 g/mol. The smallest absolute Gasteiger partial charge is 0.312 e. The molecule has 9 nitrogen and oxygen atoms in total. The molecule has 0 fully saturated rings. The first kappa shape index (κ1) is 22.0. The lowest BCUT2D eigenvalue weighted by molar-refractivity contribution is -0.386. The number of nitro groups is 1. The standard InChI is InChI=1S/C25H27N5O4/c1-14-25(30(31)32)15(2)29(28-14)13-17-11-16(5-8-22(17)34-4)23-24-19(9-10-26-23)20-12-18(33-3)6-7-21(20)27-24/h5-8,11-12,23,26-27H,9-10,13H2,1-4H3/t23-/m0/s1. The van der Waals surface area contributed by atoms with E-state index in [1.807, 2.05) is 12.1 Å². The highest BCUT2D eigenvalue weighted by molar-refractivity contribution is 5.86. The lowest BCUT2D eigenvalue weighted by Gasteiger charge is -2.25. The van der Waals surface area contributed by atoms with Crippen LogP contribution in [0.3, 0.4) is 0 Å². The lowest BCUT2D eigenvalue weighted by atomic mass is 9.93.